The predicted octanol–water partition coefficient (Wildman–Crippen LogP) is 2.06. The Labute approximate surface area is 126 Å². The molecule has 114 valence electrons. The summed E-state index contributed by atoms with van der Waals surface area (Å²) < 4.78 is 6.01. The number of hydrogen-bond acceptors (Lipinski definition) is 5. The monoisotopic (exact) mass is 301 g/mol. The van der Waals surface area contributed by atoms with Crippen LogP contribution in [0, 0.1) is 11.8 Å². The SMILES string of the molecule is COC(=O)N1C(=O)C(C)C(C)C(=O)n2c1nc1ccccc12. The molecule has 0 N–H and O–H groups in total. The van der Waals surface area contributed by atoms with Crippen LogP contribution in [0.2, 0.25) is 0 Å². The van der Waals surface area contributed by atoms with Crippen LogP contribution in [0.4, 0.5) is 10.7 Å². The molecule has 7 nitrogen and oxygen atoms in total. The van der Waals surface area contributed by atoms with E-state index >= 15 is 0 Å². The van der Waals surface area contributed by atoms with Crippen LogP contribution in [0.25, 0.3) is 11.0 Å². The molecule has 1 aromatic carbocycles. The number of carbonyl (C=O) groups excluding carboxylic acids is 3. The Morgan fingerprint density at radius 3 is 2.45 bits per heavy atom. The van der Waals surface area contributed by atoms with E-state index in [2.05, 4.69) is 9.72 Å². The summed E-state index contributed by atoms with van der Waals surface area (Å²) in [5.74, 6) is -2.00. The van der Waals surface area contributed by atoms with Gasteiger partial charge in [-0.2, -0.15) is 4.90 Å². The Morgan fingerprint density at radius 2 is 1.77 bits per heavy atom. The molecule has 0 fully saturated rings. The van der Waals surface area contributed by atoms with Crippen molar-refractivity contribution in [3.8, 4) is 0 Å². The topological polar surface area (TPSA) is 81.5 Å². The largest absolute Gasteiger partial charge is 0.452 e. The second kappa shape index (κ2) is 4.94. The zero-order valence-electron chi connectivity index (χ0n) is 12.4. The summed E-state index contributed by atoms with van der Waals surface area (Å²) >= 11 is 0. The zero-order valence-corrected chi connectivity index (χ0v) is 12.4. The molecule has 0 radical (unpaired) electrons. The number of amides is 2. The van der Waals surface area contributed by atoms with Gasteiger partial charge in [-0.1, -0.05) is 26.0 Å². The minimum atomic E-state index is -0.852. The molecule has 2 heterocycles. The first kappa shape index (κ1) is 14.2. The molecule has 22 heavy (non-hydrogen) atoms. The Kier molecular flexibility index (Phi) is 3.20. The van der Waals surface area contributed by atoms with Gasteiger partial charge in [0.05, 0.1) is 18.1 Å². The lowest BCUT2D eigenvalue weighted by Gasteiger charge is -2.18. The highest BCUT2D eigenvalue weighted by molar-refractivity contribution is 6.16. The third kappa shape index (κ3) is 1.82. The van der Waals surface area contributed by atoms with E-state index in [0.29, 0.717) is 11.0 Å². The molecule has 1 aromatic heterocycles. The Morgan fingerprint density at radius 1 is 1.14 bits per heavy atom. The van der Waals surface area contributed by atoms with Crippen LogP contribution in [0.5, 0.6) is 0 Å². The van der Waals surface area contributed by atoms with Crippen LogP contribution in [0.15, 0.2) is 24.3 Å². The lowest BCUT2D eigenvalue weighted by atomic mass is 9.94. The first-order valence-corrected chi connectivity index (χ1v) is 6.91. The van der Waals surface area contributed by atoms with Crippen LogP contribution in [0.3, 0.4) is 0 Å². The summed E-state index contributed by atoms with van der Waals surface area (Å²) in [5, 5.41) is 0. The lowest BCUT2D eigenvalue weighted by Crippen LogP contribution is -2.41. The molecule has 0 bridgehead atoms. The van der Waals surface area contributed by atoms with Gasteiger partial charge in [-0.15, -0.1) is 0 Å². The first-order chi connectivity index (χ1) is 10.5. The number of nitrogens with zero attached hydrogens (tertiary/aromatic N) is 3. The quantitative estimate of drug-likeness (QED) is 0.744. The molecule has 2 unspecified atom stereocenters. The van der Waals surface area contributed by atoms with Gasteiger partial charge in [0, 0.05) is 11.8 Å². The highest BCUT2D eigenvalue weighted by atomic mass is 16.5. The summed E-state index contributed by atoms with van der Waals surface area (Å²) in [6.07, 6.45) is -0.852. The summed E-state index contributed by atoms with van der Waals surface area (Å²) in [6, 6.07) is 6.99. The maximum absolute atomic E-state index is 12.7. The zero-order chi connectivity index (χ0) is 16.0. The van der Waals surface area contributed by atoms with Crippen LogP contribution in [-0.4, -0.2) is 34.6 Å². The third-order valence-electron chi connectivity index (χ3n) is 4.07. The minimum Gasteiger partial charge on any atom is -0.452 e. The molecule has 0 saturated heterocycles. The standard InChI is InChI=1S/C15H15N3O4/c1-8-9(2)13(20)18(15(21)22-3)14-16-10-6-4-5-7-11(10)17(14)12(8)19/h4-9H,1-3H3. The average Bonchev–Trinajstić information content (AvgIpc) is 2.88. The summed E-state index contributed by atoms with van der Waals surface area (Å²) in [7, 11) is 1.18. The van der Waals surface area contributed by atoms with Gasteiger partial charge in [0.2, 0.25) is 17.8 Å². The van der Waals surface area contributed by atoms with E-state index in [1.807, 2.05) is 0 Å². The van der Waals surface area contributed by atoms with E-state index in [4.69, 9.17) is 0 Å². The van der Waals surface area contributed by atoms with Gasteiger partial charge >= 0.3 is 6.09 Å². The van der Waals surface area contributed by atoms with Crippen molar-refractivity contribution in [2.45, 2.75) is 13.8 Å². The number of ether oxygens (including phenoxy) is 1. The van der Waals surface area contributed by atoms with Gasteiger partial charge in [-0.3, -0.25) is 9.59 Å². The van der Waals surface area contributed by atoms with E-state index in [-0.39, 0.29) is 11.9 Å². The van der Waals surface area contributed by atoms with Crippen molar-refractivity contribution in [3.63, 3.8) is 0 Å². The van der Waals surface area contributed by atoms with Crippen LogP contribution in [-0.2, 0) is 9.53 Å². The predicted molar refractivity (Wildman–Crippen MR) is 78.6 cm³/mol. The normalized spacial score (nSPS) is 21.7. The Hall–Kier alpha value is -2.70. The fraction of sp³-hybridized carbons (Fsp3) is 0.333. The van der Waals surface area contributed by atoms with Crippen LogP contribution < -0.4 is 4.90 Å². The molecule has 0 saturated carbocycles. The van der Waals surface area contributed by atoms with Crippen molar-refractivity contribution in [2.75, 3.05) is 12.0 Å². The number of anilines is 1. The minimum absolute atomic E-state index is 0.0146. The number of fused-ring (bicyclic) bond motifs is 3. The fourth-order valence-corrected chi connectivity index (χ4v) is 2.58. The molecule has 1 aliphatic heterocycles. The average molecular weight is 301 g/mol. The van der Waals surface area contributed by atoms with E-state index in [1.54, 1.807) is 38.1 Å². The second-order valence-corrected chi connectivity index (χ2v) is 5.30. The molecule has 2 amide bonds. The summed E-state index contributed by atoms with van der Waals surface area (Å²) in [4.78, 5) is 42.4. The number of carbonyl (C=O) groups is 3. The smallest absolute Gasteiger partial charge is 0.423 e. The molecule has 3 rings (SSSR count). The molecule has 7 heteroatoms. The van der Waals surface area contributed by atoms with Gasteiger partial charge in [0.25, 0.3) is 0 Å². The molecule has 0 spiro atoms. The fourth-order valence-electron chi connectivity index (χ4n) is 2.58. The van der Waals surface area contributed by atoms with Crippen molar-refractivity contribution < 1.29 is 19.1 Å². The second-order valence-electron chi connectivity index (χ2n) is 5.30. The molecule has 1 aliphatic rings. The van der Waals surface area contributed by atoms with Crippen molar-refractivity contribution in [3.05, 3.63) is 24.3 Å². The van der Waals surface area contributed by atoms with Crippen molar-refractivity contribution in [2.24, 2.45) is 11.8 Å². The molecular weight excluding hydrogens is 286 g/mol. The van der Waals surface area contributed by atoms with Crippen LogP contribution >= 0.6 is 0 Å². The number of benzene rings is 1. The first-order valence-electron chi connectivity index (χ1n) is 6.91. The van der Waals surface area contributed by atoms with E-state index in [0.717, 1.165) is 4.90 Å². The van der Waals surface area contributed by atoms with E-state index < -0.39 is 23.8 Å². The number of aromatic nitrogens is 2. The number of rotatable bonds is 0. The van der Waals surface area contributed by atoms with Gasteiger partial charge in [0.1, 0.15) is 0 Å². The van der Waals surface area contributed by atoms with Gasteiger partial charge in [0.15, 0.2) is 0 Å². The lowest BCUT2D eigenvalue weighted by molar-refractivity contribution is -0.122. The number of hydrogen-bond donors (Lipinski definition) is 0. The third-order valence-corrected chi connectivity index (χ3v) is 4.07. The van der Waals surface area contributed by atoms with Crippen molar-refractivity contribution in [1.29, 1.82) is 0 Å². The number of imide groups is 1. The Balaban J connectivity index is 2.34. The van der Waals surface area contributed by atoms with Crippen molar-refractivity contribution >= 4 is 34.9 Å². The number of para-hydroxylation sites is 2. The molecular formula is C15H15N3O4. The highest BCUT2D eigenvalue weighted by Gasteiger charge is 2.42. The van der Waals surface area contributed by atoms with E-state index in [9.17, 15) is 14.4 Å². The van der Waals surface area contributed by atoms with Crippen LogP contribution in [0.1, 0.15) is 18.6 Å². The van der Waals surface area contributed by atoms with Gasteiger partial charge in [-0.25, -0.2) is 14.3 Å². The number of imidazole rings is 1. The van der Waals surface area contributed by atoms with Gasteiger partial charge in [-0.05, 0) is 12.1 Å². The molecule has 2 aromatic rings. The highest BCUT2D eigenvalue weighted by Crippen LogP contribution is 2.31. The summed E-state index contributed by atoms with van der Waals surface area (Å²) in [5.41, 5.74) is 1.10. The number of methoxy groups -OCH3 is 1. The van der Waals surface area contributed by atoms with Gasteiger partial charge < -0.3 is 4.74 Å². The molecule has 0 aliphatic carbocycles. The Bertz CT molecular complexity index is 795. The molecule has 2 atom stereocenters. The summed E-state index contributed by atoms with van der Waals surface area (Å²) in [6.45, 7) is 3.29. The maximum Gasteiger partial charge on any atom is 0.423 e. The van der Waals surface area contributed by atoms with E-state index in [1.165, 1.54) is 11.7 Å². The maximum atomic E-state index is 12.7. The van der Waals surface area contributed by atoms with Crippen molar-refractivity contribution in [1.82, 2.24) is 9.55 Å².